The predicted molar refractivity (Wildman–Crippen MR) is 91.5 cm³/mol. The van der Waals surface area contributed by atoms with Crippen LogP contribution in [0.1, 0.15) is 35.7 Å². The van der Waals surface area contributed by atoms with Crippen LogP contribution in [0.15, 0.2) is 42.6 Å². The monoisotopic (exact) mass is 297 g/mol. The van der Waals surface area contributed by atoms with Crippen molar-refractivity contribution in [1.82, 2.24) is 4.98 Å². The molecule has 0 atom stereocenters. The van der Waals surface area contributed by atoms with E-state index >= 15 is 0 Å². The second kappa shape index (κ2) is 7.59. The van der Waals surface area contributed by atoms with Gasteiger partial charge in [-0.05, 0) is 37.6 Å². The minimum absolute atomic E-state index is 0.113. The van der Waals surface area contributed by atoms with Crippen LogP contribution in [0.5, 0.6) is 0 Å². The van der Waals surface area contributed by atoms with Crippen molar-refractivity contribution in [3.63, 3.8) is 0 Å². The minimum atomic E-state index is -0.113. The molecule has 22 heavy (non-hydrogen) atoms. The Morgan fingerprint density at radius 1 is 1.27 bits per heavy atom. The summed E-state index contributed by atoms with van der Waals surface area (Å²) in [5.41, 5.74) is 2.43. The number of nitrogens with zero attached hydrogens (tertiary/aromatic N) is 2. The second-order valence-corrected chi connectivity index (χ2v) is 5.50. The molecule has 0 aliphatic rings. The molecule has 1 aromatic carbocycles. The maximum Gasteiger partial charge on any atom is 0.255 e. The summed E-state index contributed by atoms with van der Waals surface area (Å²) in [6.07, 6.45) is 4.00. The number of hydrogen-bond donors (Lipinski definition) is 1. The standard InChI is InChI=1S/C18H23N3O/c1-4-5-11-21(3)17-10-9-16(13-19-17)20-18(22)15-8-6-7-14(2)12-15/h6-10,12-13H,4-5,11H2,1-3H3,(H,20,22). The van der Waals surface area contributed by atoms with Gasteiger partial charge in [-0.25, -0.2) is 4.98 Å². The molecule has 2 rings (SSSR count). The molecular weight excluding hydrogens is 274 g/mol. The lowest BCUT2D eigenvalue weighted by molar-refractivity contribution is 0.102. The van der Waals surface area contributed by atoms with Crippen LogP contribution in [0.4, 0.5) is 11.5 Å². The van der Waals surface area contributed by atoms with E-state index in [0.29, 0.717) is 11.3 Å². The topological polar surface area (TPSA) is 45.2 Å². The van der Waals surface area contributed by atoms with Crippen LogP contribution in [-0.2, 0) is 0 Å². The Labute approximate surface area is 132 Å². The zero-order valence-electron chi connectivity index (χ0n) is 13.5. The third kappa shape index (κ3) is 4.32. The molecule has 1 amide bonds. The molecule has 1 aromatic heterocycles. The maximum atomic E-state index is 12.2. The van der Waals surface area contributed by atoms with Crippen LogP contribution in [0, 0.1) is 6.92 Å². The van der Waals surface area contributed by atoms with Crippen molar-refractivity contribution < 1.29 is 4.79 Å². The van der Waals surface area contributed by atoms with Gasteiger partial charge in [0.25, 0.3) is 5.91 Å². The Kier molecular flexibility index (Phi) is 5.53. The zero-order valence-corrected chi connectivity index (χ0v) is 13.5. The molecule has 1 heterocycles. The van der Waals surface area contributed by atoms with Crippen molar-refractivity contribution in [1.29, 1.82) is 0 Å². The molecule has 1 N–H and O–H groups in total. The number of anilines is 2. The molecule has 4 nitrogen and oxygen atoms in total. The van der Waals surface area contributed by atoms with E-state index in [0.717, 1.165) is 30.8 Å². The van der Waals surface area contributed by atoms with Crippen molar-refractivity contribution in [2.45, 2.75) is 26.7 Å². The highest BCUT2D eigenvalue weighted by atomic mass is 16.1. The molecule has 2 aromatic rings. The first kappa shape index (κ1) is 16.0. The first-order valence-corrected chi connectivity index (χ1v) is 7.65. The van der Waals surface area contributed by atoms with Crippen molar-refractivity contribution in [3.8, 4) is 0 Å². The summed E-state index contributed by atoms with van der Waals surface area (Å²) in [5, 5.41) is 2.87. The van der Waals surface area contributed by atoms with Crippen molar-refractivity contribution >= 4 is 17.4 Å². The molecule has 0 aliphatic carbocycles. The van der Waals surface area contributed by atoms with E-state index in [9.17, 15) is 4.79 Å². The largest absolute Gasteiger partial charge is 0.360 e. The van der Waals surface area contributed by atoms with Gasteiger partial charge in [-0.15, -0.1) is 0 Å². The summed E-state index contributed by atoms with van der Waals surface area (Å²) in [7, 11) is 2.03. The molecule has 4 heteroatoms. The first-order valence-electron chi connectivity index (χ1n) is 7.65. The van der Waals surface area contributed by atoms with Gasteiger partial charge in [-0.2, -0.15) is 0 Å². The summed E-state index contributed by atoms with van der Waals surface area (Å²) in [6, 6.07) is 11.4. The zero-order chi connectivity index (χ0) is 15.9. The van der Waals surface area contributed by atoms with Crippen LogP contribution in [-0.4, -0.2) is 24.5 Å². The lowest BCUT2D eigenvalue weighted by Crippen LogP contribution is -2.19. The van der Waals surface area contributed by atoms with Gasteiger partial charge in [0.05, 0.1) is 11.9 Å². The Hall–Kier alpha value is -2.36. The Balaban J connectivity index is 2.00. The van der Waals surface area contributed by atoms with Crippen LogP contribution >= 0.6 is 0 Å². The number of aryl methyl sites for hydroxylation is 1. The normalized spacial score (nSPS) is 10.3. The smallest absolute Gasteiger partial charge is 0.255 e. The van der Waals surface area contributed by atoms with E-state index in [1.54, 1.807) is 6.20 Å². The average Bonchev–Trinajstić information content (AvgIpc) is 2.53. The van der Waals surface area contributed by atoms with Gasteiger partial charge in [0.1, 0.15) is 5.82 Å². The number of nitrogens with one attached hydrogen (secondary N) is 1. The van der Waals surface area contributed by atoms with E-state index in [-0.39, 0.29) is 5.91 Å². The molecule has 0 aliphatic heterocycles. The van der Waals surface area contributed by atoms with Crippen molar-refractivity contribution in [2.24, 2.45) is 0 Å². The lowest BCUT2D eigenvalue weighted by atomic mass is 10.1. The summed E-state index contributed by atoms with van der Waals surface area (Å²) in [6.45, 7) is 5.13. The number of carbonyl (C=O) groups excluding carboxylic acids is 1. The third-order valence-electron chi connectivity index (χ3n) is 3.52. The third-order valence-corrected chi connectivity index (χ3v) is 3.52. The molecule has 116 valence electrons. The summed E-state index contributed by atoms with van der Waals surface area (Å²) in [5.74, 6) is 0.805. The van der Waals surface area contributed by atoms with E-state index in [2.05, 4.69) is 22.1 Å². The number of hydrogen-bond acceptors (Lipinski definition) is 3. The van der Waals surface area contributed by atoms with Gasteiger partial charge in [0.2, 0.25) is 0 Å². The van der Waals surface area contributed by atoms with Crippen molar-refractivity contribution in [2.75, 3.05) is 23.8 Å². The van der Waals surface area contributed by atoms with Gasteiger partial charge in [0.15, 0.2) is 0 Å². The van der Waals surface area contributed by atoms with E-state index in [1.165, 1.54) is 0 Å². The van der Waals surface area contributed by atoms with Crippen LogP contribution < -0.4 is 10.2 Å². The SMILES string of the molecule is CCCCN(C)c1ccc(NC(=O)c2cccc(C)c2)cn1. The molecule has 0 unspecified atom stereocenters. The van der Waals surface area contributed by atoms with Crippen LogP contribution in [0.2, 0.25) is 0 Å². The molecule has 0 spiro atoms. The summed E-state index contributed by atoms with van der Waals surface area (Å²) < 4.78 is 0. The van der Waals surface area contributed by atoms with Gasteiger partial charge in [-0.1, -0.05) is 31.0 Å². The van der Waals surface area contributed by atoms with E-state index < -0.39 is 0 Å². The molecule has 0 bridgehead atoms. The second-order valence-electron chi connectivity index (χ2n) is 5.50. The number of benzene rings is 1. The number of pyridine rings is 1. The number of rotatable bonds is 6. The minimum Gasteiger partial charge on any atom is -0.360 e. The highest BCUT2D eigenvalue weighted by molar-refractivity contribution is 6.04. The highest BCUT2D eigenvalue weighted by Crippen LogP contribution is 2.15. The molecule has 0 saturated carbocycles. The van der Waals surface area contributed by atoms with Gasteiger partial charge >= 0.3 is 0 Å². The average molecular weight is 297 g/mol. The molecule has 0 radical (unpaired) electrons. The summed E-state index contributed by atoms with van der Waals surface area (Å²) in [4.78, 5) is 18.7. The predicted octanol–water partition coefficient (Wildman–Crippen LogP) is 3.88. The van der Waals surface area contributed by atoms with Crippen LogP contribution in [0.25, 0.3) is 0 Å². The Morgan fingerprint density at radius 2 is 2.09 bits per heavy atom. The fraction of sp³-hybridized carbons (Fsp3) is 0.333. The number of aromatic nitrogens is 1. The molecule has 0 fully saturated rings. The van der Waals surface area contributed by atoms with E-state index in [1.807, 2.05) is 50.4 Å². The molecule has 0 saturated heterocycles. The highest BCUT2D eigenvalue weighted by Gasteiger charge is 2.07. The number of carbonyl (C=O) groups is 1. The molecular formula is C18H23N3O. The lowest BCUT2D eigenvalue weighted by Gasteiger charge is -2.17. The fourth-order valence-electron chi connectivity index (χ4n) is 2.19. The van der Waals surface area contributed by atoms with Gasteiger partial charge < -0.3 is 10.2 Å². The van der Waals surface area contributed by atoms with Crippen molar-refractivity contribution in [3.05, 3.63) is 53.7 Å². The van der Waals surface area contributed by atoms with Crippen LogP contribution in [0.3, 0.4) is 0 Å². The quantitative estimate of drug-likeness (QED) is 0.880. The maximum absolute atomic E-state index is 12.2. The fourth-order valence-corrected chi connectivity index (χ4v) is 2.19. The number of amides is 1. The Bertz CT molecular complexity index is 622. The first-order chi connectivity index (χ1) is 10.6. The van der Waals surface area contributed by atoms with Gasteiger partial charge in [-0.3, -0.25) is 4.79 Å². The number of unbranched alkanes of at least 4 members (excludes halogenated alkanes) is 1. The Morgan fingerprint density at radius 3 is 2.73 bits per heavy atom. The van der Waals surface area contributed by atoms with Gasteiger partial charge in [0, 0.05) is 19.2 Å². The summed E-state index contributed by atoms with van der Waals surface area (Å²) >= 11 is 0. The van der Waals surface area contributed by atoms with E-state index in [4.69, 9.17) is 0 Å².